The fraction of sp³-hybridized carbons (Fsp3) is 0.217. The van der Waals surface area contributed by atoms with Gasteiger partial charge in [0.25, 0.3) is 5.71 Å². The van der Waals surface area contributed by atoms with Crippen LogP contribution in [0.2, 0.25) is 0 Å². The van der Waals surface area contributed by atoms with Crippen molar-refractivity contribution >= 4 is 28.5 Å². The Morgan fingerprint density at radius 1 is 1.03 bits per heavy atom. The van der Waals surface area contributed by atoms with Gasteiger partial charge in [0.2, 0.25) is 5.91 Å². The predicted molar refractivity (Wildman–Crippen MR) is 115 cm³/mol. The Morgan fingerprint density at radius 2 is 1.75 bits per heavy atom. The average Bonchev–Trinajstić information content (AvgIpc) is 3.25. The minimum atomic E-state index is -0.356. The van der Waals surface area contributed by atoms with E-state index >= 15 is 0 Å². The topological polar surface area (TPSA) is 84.2 Å². The Hall–Kier alpha value is -3.88. The maximum absolute atomic E-state index is 13.4. The SMILES string of the molecule is O=C(Nc1ccc(F)cc1)[C@H]1CCCN(c2ncnc3onc(-c4ccc(F)cc4)c23)C1. The van der Waals surface area contributed by atoms with Crippen molar-refractivity contribution in [2.24, 2.45) is 5.92 Å². The second-order valence-corrected chi connectivity index (χ2v) is 7.70. The van der Waals surface area contributed by atoms with Crippen LogP contribution in [-0.4, -0.2) is 34.1 Å². The number of carbonyl (C=O) groups is 1. The zero-order valence-corrected chi connectivity index (χ0v) is 17.0. The molecule has 0 unspecified atom stereocenters. The molecule has 0 aliphatic carbocycles. The summed E-state index contributed by atoms with van der Waals surface area (Å²) >= 11 is 0. The van der Waals surface area contributed by atoms with Crippen molar-refractivity contribution in [2.75, 3.05) is 23.3 Å². The van der Waals surface area contributed by atoms with Crippen LogP contribution in [-0.2, 0) is 4.79 Å². The van der Waals surface area contributed by atoms with Gasteiger partial charge in [-0.2, -0.15) is 4.98 Å². The highest BCUT2D eigenvalue weighted by Crippen LogP contribution is 2.35. The van der Waals surface area contributed by atoms with E-state index in [1.807, 2.05) is 4.90 Å². The number of nitrogens with zero attached hydrogens (tertiary/aromatic N) is 4. The number of carbonyl (C=O) groups excluding carboxylic acids is 1. The number of nitrogens with one attached hydrogen (secondary N) is 1. The van der Waals surface area contributed by atoms with Gasteiger partial charge in [0.15, 0.2) is 0 Å². The van der Waals surface area contributed by atoms with Crippen LogP contribution >= 0.6 is 0 Å². The molecule has 1 saturated heterocycles. The minimum absolute atomic E-state index is 0.129. The quantitative estimate of drug-likeness (QED) is 0.511. The van der Waals surface area contributed by atoms with Crippen molar-refractivity contribution in [3.63, 3.8) is 0 Å². The summed E-state index contributed by atoms with van der Waals surface area (Å²) in [6, 6.07) is 11.7. The van der Waals surface area contributed by atoms with Gasteiger partial charge in [0, 0.05) is 24.3 Å². The molecule has 0 bridgehead atoms. The van der Waals surface area contributed by atoms with Gasteiger partial charge < -0.3 is 14.7 Å². The van der Waals surface area contributed by atoms with Crippen LogP contribution in [0.4, 0.5) is 20.3 Å². The molecular formula is C23H19F2N5O2. The van der Waals surface area contributed by atoms with E-state index in [4.69, 9.17) is 4.52 Å². The fourth-order valence-electron chi connectivity index (χ4n) is 3.98. The van der Waals surface area contributed by atoms with Crippen LogP contribution in [0.25, 0.3) is 22.4 Å². The maximum atomic E-state index is 13.4. The molecule has 5 rings (SSSR count). The highest BCUT2D eigenvalue weighted by Gasteiger charge is 2.29. The summed E-state index contributed by atoms with van der Waals surface area (Å²) < 4.78 is 31.9. The van der Waals surface area contributed by atoms with Crippen LogP contribution in [0.5, 0.6) is 0 Å². The third-order valence-electron chi connectivity index (χ3n) is 5.57. The normalized spacial score (nSPS) is 16.3. The van der Waals surface area contributed by atoms with Gasteiger partial charge in [-0.05, 0) is 61.4 Å². The van der Waals surface area contributed by atoms with Crippen LogP contribution in [0.3, 0.4) is 0 Å². The third-order valence-corrected chi connectivity index (χ3v) is 5.57. The number of rotatable bonds is 4. The van der Waals surface area contributed by atoms with E-state index in [0.29, 0.717) is 47.0 Å². The second kappa shape index (κ2) is 8.33. The lowest BCUT2D eigenvalue weighted by atomic mass is 9.96. The Bertz CT molecular complexity index is 1260. The summed E-state index contributed by atoms with van der Waals surface area (Å²) in [5.74, 6) is -0.479. The maximum Gasteiger partial charge on any atom is 0.263 e. The van der Waals surface area contributed by atoms with E-state index in [2.05, 4.69) is 20.4 Å². The molecule has 0 saturated carbocycles. The smallest absolute Gasteiger partial charge is 0.263 e. The second-order valence-electron chi connectivity index (χ2n) is 7.70. The van der Waals surface area contributed by atoms with Crippen molar-refractivity contribution in [3.05, 3.63) is 66.5 Å². The molecule has 1 aliphatic heterocycles. The molecule has 32 heavy (non-hydrogen) atoms. The minimum Gasteiger partial charge on any atom is -0.355 e. The number of anilines is 2. The molecule has 0 spiro atoms. The molecule has 1 amide bonds. The van der Waals surface area contributed by atoms with Crippen molar-refractivity contribution in [1.82, 2.24) is 15.1 Å². The van der Waals surface area contributed by atoms with Crippen LogP contribution < -0.4 is 10.2 Å². The van der Waals surface area contributed by atoms with Gasteiger partial charge >= 0.3 is 0 Å². The molecule has 162 valence electrons. The number of amides is 1. The summed E-state index contributed by atoms with van der Waals surface area (Å²) in [5, 5.41) is 7.61. The van der Waals surface area contributed by atoms with E-state index in [1.165, 1.54) is 42.7 Å². The molecular weight excluding hydrogens is 416 g/mol. The first kappa shape index (κ1) is 20.0. The van der Waals surface area contributed by atoms with E-state index in [-0.39, 0.29) is 23.5 Å². The molecule has 2 aromatic carbocycles. The van der Waals surface area contributed by atoms with Gasteiger partial charge in [0.05, 0.1) is 5.92 Å². The summed E-state index contributed by atoms with van der Waals surface area (Å²) in [6.07, 6.45) is 2.93. The lowest BCUT2D eigenvalue weighted by Crippen LogP contribution is -2.41. The Kier molecular flexibility index (Phi) is 5.22. The fourth-order valence-corrected chi connectivity index (χ4v) is 3.98. The zero-order valence-electron chi connectivity index (χ0n) is 17.0. The number of hydrogen-bond donors (Lipinski definition) is 1. The number of piperidine rings is 1. The monoisotopic (exact) mass is 435 g/mol. The highest BCUT2D eigenvalue weighted by molar-refractivity contribution is 5.98. The summed E-state index contributed by atoms with van der Waals surface area (Å²) in [5.41, 5.74) is 2.08. The van der Waals surface area contributed by atoms with Crippen molar-refractivity contribution < 1.29 is 18.1 Å². The number of benzene rings is 2. The molecule has 1 fully saturated rings. The number of hydrogen-bond acceptors (Lipinski definition) is 6. The molecule has 4 aromatic rings. The molecule has 1 N–H and O–H groups in total. The molecule has 3 heterocycles. The summed E-state index contributed by atoms with van der Waals surface area (Å²) in [6.45, 7) is 1.16. The molecule has 0 radical (unpaired) electrons. The van der Waals surface area contributed by atoms with Crippen LogP contribution in [0.15, 0.2) is 59.4 Å². The van der Waals surface area contributed by atoms with Crippen molar-refractivity contribution in [1.29, 1.82) is 0 Å². The van der Waals surface area contributed by atoms with Gasteiger partial charge in [-0.3, -0.25) is 4.79 Å². The third kappa shape index (κ3) is 3.89. The van der Waals surface area contributed by atoms with Crippen molar-refractivity contribution in [3.8, 4) is 11.3 Å². The van der Waals surface area contributed by atoms with Gasteiger partial charge in [-0.25, -0.2) is 13.8 Å². The lowest BCUT2D eigenvalue weighted by Gasteiger charge is -2.33. The Morgan fingerprint density at radius 3 is 2.50 bits per heavy atom. The van der Waals surface area contributed by atoms with Crippen molar-refractivity contribution in [2.45, 2.75) is 12.8 Å². The zero-order chi connectivity index (χ0) is 22.1. The molecule has 1 atom stereocenters. The van der Waals surface area contributed by atoms with Gasteiger partial charge in [-0.15, -0.1) is 0 Å². The summed E-state index contributed by atoms with van der Waals surface area (Å²) in [7, 11) is 0. The lowest BCUT2D eigenvalue weighted by molar-refractivity contribution is -0.120. The van der Waals surface area contributed by atoms with E-state index in [0.717, 1.165) is 12.8 Å². The predicted octanol–water partition coefficient (Wildman–Crippen LogP) is 4.42. The highest BCUT2D eigenvalue weighted by atomic mass is 19.1. The molecule has 7 nitrogen and oxygen atoms in total. The van der Waals surface area contributed by atoms with E-state index in [1.54, 1.807) is 12.1 Å². The van der Waals surface area contributed by atoms with Crippen LogP contribution in [0, 0.1) is 17.6 Å². The Labute approximate surface area is 182 Å². The first-order valence-corrected chi connectivity index (χ1v) is 10.3. The standard InChI is InChI=1S/C23H19F2N5O2/c24-16-5-3-14(4-6-16)20-19-21(26-13-27-23(19)32-29-20)30-11-1-2-15(12-30)22(31)28-18-9-7-17(25)8-10-18/h3-10,13,15H,1-2,11-12H2,(H,28,31)/t15-/m0/s1. The number of aromatic nitrogens is 3. The Balaban J connectivity index is 1.42. The number of halogens is 2. The van der Waals surface area contributed by atoms with Gasteiger partial charge in [-0.1, -0.05) is 5.16 Å². The van der Waals surface area contributed by atoms with Gasteiger partial charge in [0.1, 0.15) is 34.9 Å². The van der Waals surface area contributed by atoms with Crippen LogP contribution in [0.1, 0.15) is 12.8 Å². The number of fused-ring (bicyclic) bond motifs is 1. The molecule has 1 aliphatic rings. The first-order chi connectivity index (χ1) is 15.6. The largest absolute Gasteiger partial charge is 0.355 e. The van der Waals surface area contributed by atoms with E-state index < -0.39 is 0 Å². The molecule has 9 heteroatoms. The molecule has 2 aromatic heterocycles. The summed E-state index contributed by atoms with van der Waals surface area (Å²) in [4.78, 5) is 23.5. The first-order valence-electron chi connectivity index (χ1n) is 10.3. The average molecular weight is 435 g/mol. The van der Waals surface area contributed by atoms with E-state index in [9.17, 15) is 13.6 Å².